The summed E-state index contributed by atoms with van der Waals surface area (Å²) in [6.07, 6.45) is 3.13. The summed E-state index contributed by atoms with van der Waals surface area (Å²) in [5.74, 6) is 1.51. The van der Waals surface area contributed by atoms with E-state index in [9.17, 15) is 4.79 Å². The molecule has 2 aliphatic rings. The van der Waals surface area contributed by atoms with Crippen LogP contribution in [-0.4, -0.2) is 29.9 Å². The van der Waals surface area contributed by atoms with Crippen molar-refractivity contribution < 1.29 is 4.79 Å². The fraction of sp³-hybridized carbons (Fsp3) is 0.588. The Morgan fingerprint density at radius 2 is 2.00 bits per heavy atom. The number of hydrogen-bond donors (Lipinski definition) is 1. The standard InChI is InChI=1S/C17H23BrN2O.ClH/c1-11(8-12-2-5-14(18)6-3-12)17(21)20-9-13-4-7-16(19)15(13)10-20;/h2-3,5-6,11,13,15-16H,4,7-10,19H2,1H3;1H. The quantitative estimate of drug-likeness (QED) is 0.865. The van der Waals surface area contributed by atoms with E-state index >= 15 is 0 Å². The van der Waals surface area contributed by atoms with Gasteiger partial charge in [0.05, 0.1) is 0 Å². The number of nitrogens with zero attached hydrogens (tertiary/aromatic N) is 1. The number of benzene rings is 1. The van der Waals surface area contributed by atoms with Crippen LogP contribution in [0.4, 0.5) is 0 Å². The van der Waals surface area contributed by atoms with E-state index in [0.29, 0.717) is 23.8 Å². The minimum absolute atomic E-state index is 0. The normalized spacial score (nSPS) is 28.1. The Morgan fingerprint density at radius 1 is 1.32 bits per heavy atom. The maximum atomic E-state index is 12.6. The molecule has 0 bridgehead atoms. The topological polar surface area (TPSA) is 46.3 Å². The Labute approximate surface area is 147 Å². The van der Waals surface area contributed by atoms with Crippen molar-refractivity contribution in [1.29, 1.82) is 0 Å². The third kappa shape index (κ3) is 3.66. The first-order chi connectivity index (χ1) is 10.0. The molecule has 5 heteroatoms. The van der Waals surface area contributed by atoms with Crippen LogP contribution >= 0.6 is 28.3 Å². The first-order valence-electron chi connectivity index (χ1n) is 7.83. The summed E-state index contributed by atoms with van der Waals surface area (Å²) in [6, 6.07) is 8.54. The smallest absolute Gasteiger partial charge is 0.225 e. The van der Waals surface area contributed by atoms with Crippen LogP contribution in [-0.2, 0) is 11.2 Å². The number of amides is 1. The summed E-state index contributed by atoms with van der Waals surface area (Å²) in [7, 11) is 0. The number of carbonyl (C=O) groups excluding carboxylic acids is 1. The Kier molecular flexibility index (Phi) is 5.92. The Hall–Kier alpha value is -0.580. The summed E-state index contributed by atoms with van der Waals surface area (Å²) in [6.45, 7) is 3.83. The van der Waals surface area contributed by atoms with Gasteiger partial charge < -0.3 is 10.6 Å². The van der Waals surface area contributed by atoms with Gasteiger partial charge in [0, 0.05) is 29.5 Å². The zero-order chi connectivity index (χ0) is 15.0. The zero-order valence-electron chi connectivity index (χ0n) is 12.9. The number of halogens is 2. The molecule has 4 atom stereocenters. The van der Waals surface area contributed by atoms with Gasteiger partial charge in [-0.1, -0.05) is 35.0 Å². The molecule has 2 fully saturated rings. The highest BCUT2D eigenvalue weighted by atomic mass is 79.9. The second-order valence-electron chi connectivity index (χ2n) is 6.64. The Bertz CT molecular complexity index is 522. The Morgan fingerprint density at radius 3 is 2.64 bits per heavy atom. The van der Waals surface area contributed by atoms with Crippen LogP contribution < -0.4 is 5.73 Å². The van der Waals surface area contributed by atoms with Crippen molar-refractivity contribution in [3.63, 3.8) is 0 Å². The zero-order valence-corrected chi connectivity index (χ0v) is 15.3. The first kappa shape index (κ1) is 17.8. The van der Waals surface area contributed by atoms with E-state index in [2.05, 4.69) is 33.0 Å². The van der Waals surface area contributed by atoms with Gasteiger partial charge in [0.1, 0.15) is 0 Å². The molecule has 1 aliphatic heterocycles. The molecule has 0 radical (unpaired) electrons. The maximum absolute atomic E-state index is 12.6. The molecule has 1 saturated heterocycles. The maximum Gasteiger partial charge on any atom is 0.225 e. The average molecular weight is 388 g/mol. The van der Waals surface area contributed by atoms with Gasteiger partial charge in [-0.25, -0.2) is 0 Å². The molecule has 1 aliphatic carbocycles. The van der Waals surface area contributed by atoms with Crippen molar-refractivity contribution in [1.82, 2.24) is 4.90 Å². The molecule has 1 amide bonds. The molecule has 1 aromatic carbocycles. The van der Waals surface area contributed by atoms with Crippen LogP contribution in [0.3, 0.4) is 0 Å². The highest BCUT2D eigenvalue weighted by Crippen LogP contribution is 2.37. The molecule has 4 unspecified atom stereocenters. The van der Waals surface area contributed by atoms with Gasteiger partial charge in [-0.05, 0) is 48.8 Å². The number of nitrogens with two attached hydrogens (primary N) is 1. The van der Waals surface area contributed by atoms with Gasteiger partial charge in [-0.15, -0.1) is 12.4 Å². The van der Waals surface area contributed by atoms with E-state index in [1.165, 1.54) is 12.0 Å². The first-order valence-corrected chi connectivity index (χ1v) is 8.62. The minimum atomic E-state index is 0. The summed E-state index contributed by atoms with van der Waals surface area (Å²) in [5, 5.41) is 0. The lowest BCUT2D eigenvalue weighted by molar-refractivity contribution is -0.134. The molecule has 3 nitrogen and oxygen atoms in total. The predicted octanol–water partition coefficient (Wildman–Crippen LogP) is 3.25. The van der Waals surface area contributed by atoms with Crippen molar-refractivity contribution in [3.05, 3.63) is 34.3 Å². The molecule has 2 N–H and O–H groups in total. The van der Waals surface area contributed by atoms with Crippen LogP contribution in [0.15, 0.2) is 28.7 Å². The Balaban J connectivity index is 0.00000176. The third-order valence-corrected chi connectivity index (χ3v) is 5.63. The molecule has 1 heterocycles. The van der Waals surface area contributed by atoms with Gasteiger partial charge in [0.25, 0.3) is 0 Å². The van der Waals surface area contributed by atoms with E-state index in [-0.39, 0.29) is 18.3 Å². The number of hydrogen-bond acceptors (Lipinski definition) is 2. The molecule has 122 valence electrons. The van der Waals surface area contributed by atoms with Crippen molar-refractivity contribution >= 4 is 34.2 Å². The average Bonchev–Trinajstić information content (AvgIpc) is 3.03. The third-order valence-electron chi connectivity index (χ3n) is 5.10. The highest BCUT2D eigenvalue weighted by Gasteiger charge is 2.42. The van der Waals surface area contributed by atoms with E-state index in [1.54, 1.807) is 0 Å². The summed E-state index contributed by atoms with van der Waals surface area (Å²) in [5.41, 5.74) is 7.37. The molecule has 1 aromatic rings. The van der Waals surface area contributed by atoms with Crippen LogP contribution in [0.25, 0.3) is 0 Å². The van der Waals surface area contributed by atoms with Crippen LogP contribution in [0.5, 0.6) is 0 Å². The van der Waals surface area contributed by atoms with Gasteiger partial charge in [0.15, 0.2) is 0 Å². The molecule has 0 aromatic heterocycles. The fourth-order valence-electron chi connectivity index (χ4n) is 3.86. The van der Waals surface area contributed by atoms with Gasteiger partial charge in [-0.3, -0.25) is 4.79 Å². The lowest BCUT2D eigenvalue weighted by atomic mass is 9.98. The second kappa shape index (κ2) is 7.33. The molecule has 22 heavy (non-hydrogen) atoms. The van der Waals surface area contributed by atoms with Crippen molar-refractivity contribution in [2.75, 3.05) is 13.1 Å². The van der Waals surface area contributed by atoms with Gasteiger partial charge in [-0.2, -0.15) is 0 Å². The van der Waals surface area contributed by atoms with Crippen LogP contribution in [0.2, 0.25) is 0 Å². The SMILES string of the molecule is CC(Cc1ccc(Br)cc1)C(=O)N1CC2CCC(N)C2C1.Cl. The molecule has 3 rings (SSSR count). The molecule has 1 saturated carbocycles. The lowest BCUT2D eigenvalue weighted by Crippen LogP contribution is -2.36. The monoisotopic (exact) mass is 386 g/mol. The van der Waals surface area contributed by atoms with E-state index < -0.39 is 0 Å². The van der Waals surface area contributed by atoms with E-state index in [0.717, 1.165) is 30.4 Å². The van der Waals surface area contributed by atoms with E-state index in [1.807, 2.05) is 19.1 Å². The highest BCUT2D eigenvalue weighted by molar-refractivity contribution is 9.10. The molecular formula is C17H24BrClN2O. The number of carbonyl (C=O) groups is 1. The van der Waals surface area contributed by atoms with Crippen molar-refractivity contribution in [2.24, 2.45) is 23.5 Å². The van der Waals surface area contributed by atoms with Gasteiger partial charge >= 0.3 is 0 Å². The minimum Gasteiger partial charge on any atom is -0.342 e. The number of likely N-dealkylation sites (tertiary alicyclic amines) is 1. The van der Waals surface area contributed by atoms with Crippen molar-refractivity contribution in [2.45, 2.75) is 32.2 Å². The molecular weight excluding hydrogens is 364 g/mol. The largest absolute Gasteiger partial charge is 0.342 e. The van der Waals surface area contributed by atoms with E-state index in [4.69, 9.17) is 5.73 Å². The summed E-state index contributed by atoms with van der Waals surface area (Å²) >= 11 is 3.44. The lowest BCUT2D eigenvalue weighted by Gasteiger charge is -2.22. The number of fused-ring (bicyclic) bond motifs is 1. The van der Waals surface area contributed by atoms with Crippen LogP contribution in [0, 0.1) is 17.8 Å². The predicted molar refractivity (Wildman–Crippen MR) is 95.0 cm³/mol. The fourth-order valence-corrected chi connectivity index (χ4v) is 4.12. The van der Waals surface area contributed by atoms with Crippen molar-refractivity contribution in [3.8, 4) is 0 Å². The summed E-state index contributed by atoms with van der Waals surface area (Å²) in [4.78, 5) is 14.7. The summed E-state index contributed by atoms with van der Waals surface area (Å²) < 4.78 is 1.08. The van der Waals surface area contributed by atoms with Gasteiger partial charge in [0.2, 0.25) is 5.91 Å². The second-order valence-corrected chi connectivity index (χ2v) is 7.56. The molecule has 0 spiro atoms. The van der Waals surface area contributed by atoms with Crippen LogP contribution in [0.1, 0.15) is 25.3 Å². The number of rotatable bonds is 3.